The number of halogens is 1. The summed E-state index contributed by atoms with van der Waals surface area (Å²) in [6, 6.07) is 0. The average Bonchev–Trinajstić information content (AvgIpc) is 1.89. The molecule has 1 nitrogen and oxygen atoms in total. The molecule has 0 saturated carbocycles. The maximum absolute atomic E-state index is 10.8. The number of carbonyl (C=O) groups is 1. The van der Waals surface area contributed by atoms with Crippen molar-refractivity contribution in [1.82, 2.24) is 0 Å². The third-order valence-corrected chi connectivity index (χ3v) is 1.54. The van der Waals surface area contributed by atoms with Gasteiger partial charge in [-0.2, -0.15) is 0 Å². The Labute approximate surface area is 70.6 Å². The van der Waals surface area contributed by atoms with E-state index >= 15 is 0 Å². The number of unbranched alkanes of at least 4 members (excludes halogenated alkanes) is 2. The van der Waals surface area contributed by atoms with E-state index in [1.807, 2.05) is 0 Å². The second-order valence-electron chi connectivity index (χ2n) is 2.22. The summed E-state index contributed by atoms with van der Waals surface area (Å²) < 4.78 is 0. The molecular formula is C8H13BrO. The van der Waals surface area contributed by atoms with Crippen molar-refractivity contribution >= 4 is 21.7 Å². The average molecular weight is 205 g/mol. The predicted molar refractivity (Wildman–Crippen MR) is 47.2 cm³/mol. The molecule has 0 aliphatic rings. The number of hydrogen-bond donors (Lipinski definition) is 0. The molecule has 2 heteroatoms. The molecule has 0 N–H and O–H groups in total. The highest BCUT2D eigenvalue weighted by Crippen LogP contribution is 2.00. The Morgan fingerprint density at radius 1 is 1.50 bits per heavy atom. The second-order valence-corrected chi connectivity index (χ2v) is 2.74. The first kappa shape index (κ1) is 9.89. The molecule has 0 aliphatic carbocycles. The van der Waals surface area contributed by atoms with E-state index in [1.165, 1.54) is 6.42 Å². The topological polar surface area (TPSA) is 17.1 Å². The van der Waals surface area contributed by atoms with Crippen LogP contribution < -0.4 is 0 Å². The summed E-state index contributed by atoms with van der Waals surface area (Å²) in [4.78, 5) is 12.4. The highest BCUT2D eigenvalue weighted by Gasteiger charge is 1.93. The number of allylic oxidation sites excluding steroid dienone is 1. The smallest absolute Gasteiger partial charge is 0.156 e. The molecule has 0 aromatic heterocycles. The normalized spacial score (nSPS) is 10.6. The number of carbonyl (C=O) groups excluding carboxylic acids is 1. The molecule has 0 bridgehead atoms. The first-order chi connectivity index (χ1) is 4.81. The lowest BCUT2D eigenvalue weighted by Gasteiger charge is -1.92. The fourth-order valence-electron chi connectivity index (χ4n) is 0.703. The van der Waals surface area contributed by atoms with Crippen molar-refractivity contribution in [2.45, 2.75) is 32.6 Å². The van der Waals surface area contributed by atoms with Crippen LogP contribution in [0.1, 0.15) is 32.6 Å². The van der Waals surface area contributed by atoms with Gasteiger partial charge < -0.3 is 0 Å². The van der Waals surface area contributed by atoms with Crippen LogP contribution >= 0.6 is 15.9 Å². The highest BCUT2D eigenvalue weighted by atomic mass is 79.9. The van der Waals surface area contributed by atoms with Crippen LogP contribution in [0.15, 0.2) is 11.1 Å². The Bertz CT molecular complexity index is 118. The number of rotatable bonds is 5. The van der Waals surface area contributed by atoms with Crippen molar-refractivity contribution in [2.24, 2.45) is 0 Å². The van der Waals surface area contributed by atoms with Crippen molar-refractivity contribution in [1.29, 1.82) is 0 Å². The molecule has 0 rings (SSSR count). The molecule has 0 amide bonds. The maximum Gasteiger partial charge on any atom is 0.156 e. The molecular weight excluding hydrogens is 192 g/mol. The van der Waals surface area contributed by atoms with Crippen LogP contribution in [0.5, 0.6) is 0 Å². The van der Waals surface area contributed by atoms with E-state index in [1.54, 1.807) is 11.1 Å². The SMILES string of the molecule is CCCCCC(=O)/C=C/Br. The Morgan fingerprint density at radius 2 is 2.20 bits per heavy atom. The fraction of sp³-hybridized carbons (Fsp3) is 0.625. The maximum atomic E-state index is 10.8. The van der Waals surface area contributed by atoms with Crippen molar-refractivity contribution < 1.29 is 4.79 Å². The van der Waals surface area contributed by atoms with Crippen LogP contribution in [0, 0.1) is 0 Å². The molecule has 0 aromatic carbocycles. The van der Waals surface area contributed by atoms with Gasteiger partial charge in [-0.05, 0) is 17.5 Å². The fourth-order valence-corrected chi connectivity index (χ4v) is 0.998. The summed E-state index contributed by atoms with van der Waals surface area (Å²) in [5, 5.41) is 0. The van der Waals surface area contributed by atoms with E-state index in [9.17, 15) is 4.79 Å². The van der Waals surface area contributed by atoms with Crippen LogP contribution in [0.4, 0.5) is 0 Å². The van der Waals surface area contributed by atoms with Crippen LogP contribution in [0.3, 0.4) is 0 Å². The molecule has 0 unspecified atom stereocenters. The minimum absolute atomic E-state index is 0.213. The second kappa shape index (κ2) is 7.00. The van der Waals surface area contributed by atoms with Gasteiger partial charge in [-0.3, -0.25) is 4.79 Å². The monoisotopic (exact) mass is 204 g/mol. The molecule has 0 atom stereocenters. The summed E-state index contributed by atoms with van der Waals surface area (Å²) in [6.45, 7) is 2.13. The van der Waals surface area contributed by atoms with Gasteiger partial charge >= 0.3 is 0 Å². The largest absolute Gasteiger partial charge is 0.295 e. The van der Waals surface area contributed by atoms with Crippen molar-refractivity contribution in [3.8, 4) is 0 Å². The van der Waals surface area contributed by atoms with Gasteiger partial charge in [0.1, 0.15) is 0 Å². The Morgan fingerprint density at radius 3 is 2.70 bits per heavy atom. The first-order valence-corrected chi connectivity index (χ1v) is 4.52. The van der Waals surface area contributed by atoms with E-state index in [4.69, 9.17) is 0 Å². The van der Waals surface area contributed by atoms with Crippen LogP contribution in [0.2, 0.25) is 0 Å². The first-order valence-electron chi connectivity index (χ1n) is 3.61. The van der Waals surface area contributed by atoms with Crippen LogP contribution in [-0.2, 0) is 4.79 Å². The van der Waals surface area contributed by atoms with E-state index in [2.05, 4.69) is 22.9 Å². The van der Waals surface area contributed by atoms with E-state index < -0.39 is 0 Å². The van der Waals surface area contributed by atoms with Crippen molar-refractivity contribution in [3.63, 3.8) is 0 Å². The molecule has 0 fully saturated rings. The van der Waals surface area contributed by atoms with Crippen molar-refractivity contribution in [2.75, 3.05) is 0 Å². The number of hydrogen-bond acceptors (Lipinski definition) is 1. The van der Waals surface area contributed by atoms with Crippen LogP contribution in [0.25, 0.3) is 0 Å². The number of ketones is 1. The van der Waals surface area contributed by atoms with Crippen LogP contribution in [-0.4, -0.2) is 5.78 Å². The summed E-state index contributed by atoms with van der Waals surface area (Å²) in [6.07, 6.45) is 5.60. The lowest BCUT2D eigenvalue weighted by atomic mass is 10.1. The molecule has 58 valence electrons. The summed E-state index contributed by atoms with van der Waals surface area (Å²) in [7, 11) is 0. The Balaban J connectivity index is 3.22. The summed E-state index contributed by atoms with van der Waals surface area (Å²) in [5.41, 5.74) is 0. The third-order valence-electron chi connectivity index (χ3n) is 1.28. The molecule has 0 aromatic rings. The third kappa shape index (κ3) is 6.02. The molecule has 0 heterocycles. The lowest BCUT2D eigenvalue weighted by molar-refractivity contribution is -0.114. The van der Waals surface area contributed by atoms with Gasteiger partial charge in [0.25, 0.3) is 0 Å². The zero-order valence-corrected chi connectivity index (χ0v) is 7.86. The molecule has 0 saturated heterocycles. The molecule has 0 aliphatic heterocycles. The molecule has 0 spiro atoms. The highest BCUT2D eigenvalue weighted by molar-refractivity contribution is 9.11. The lowest BCUT2D eigenvalue weighted by Crippen LogP contribution is -1.90. The van der Waals surface area contributed by atoms with Gasteiger partial charge in [-0.1, -0.05) is 35.7 Å². The van der Waals surface area contributed by atoms with Gasteiger partial charge in [0.05, 0.1) is 0 Å². The minimum Gasteiger partial charge on any atom is -0.295 e. The van der Waals surface area contributed by atoms with E-state index in [0.29, 0.717) is 6.42 Å². The van der Waals surface area contributed by atoms with E-state index in [0.717, 1.165) is 12.8 Å². The van der Waals surface area contributed by atoms with Crippen molar-refractivity contribution in [3.05, 3.63) is 11.1 Å². The van der Waals surface area contributed by atoms with Gasteiger partial charge in [0.15, 0.2) is 5.78 Å². The van der Waals surface area contributed by atoms with E-state index in [-0.39, 0.29) is 5.78 Å². The Hall–Kier alpha value is -0.110. The minimum atomic E-state index is 0.213. The summed E-state index contributed by atoms with van der Waals surface area (Å²) in [5.74, 6) is 0.213. The van der Waals surface area contributed by atoms with Gasteiger partial charge in [0, 0.05) is 6.42 Å². The Kier molecular flexibility index (Phi) is 6.93. The van der Waals surface area contributed by atoms with Gasteiger partial charge in [-0.25, -0.2) is 0 Å². The predicted octanol–water partition coefficient (Wildman–Crippen LogP) is 3.04. The standard InChI is InChI=1S/C8H13BrO/c1-2-3-4-5-8(10)6-7-9/h6-7H,2-5H2,1H3/b7-6+. The van der Waals surface area contributed by atoms with Gasteiger partial charge in [-0.15, -0.1) is 0 Å². The molecule has 0 radical (unpaired) electrons. The van der Waals surface area contributed by atoms with Gasteiger partial charge in [0.2, 0.25) is 0 Å². The molecule has 10 heavy (non-hydrogen) atoms. The summed E-state index contributed by atoms with van der Waals surface area (Å²) >= 11 is 3.06. The zero-order chi connectivity index (χ0) is 7.82. The quantitative estimate of drug-likeness (QED) is 0.498. The zero-order valence-electron chi connectivity index (χ0n) is 6.27.